The summed E-state index contributed by atoms with van der Waals surface area (Å²) in [6.07, 6.45) is 3.13. The van der Waals surface area contributed by atoms with Crippen molar-refractivity contribution in [3.05, 3.63) is 48.3 Å². The highest BCUT2D eigenvalue weighted by Crippen LogP contribution is 2.39. The fourth-order valence-corrected chi connectivity index (χ4v) is 3.66. The molecule has 1 aliphatic rings. The molecule has 0 aliphatic carbocycles. The second-order valence-electron chi connectivity index (χ2n) is 4.32. The van der Waals surface area contributed by atoms with E-state index >= 15 is 0 Å². The van der Waals surface area contributed by atoms with E-state index < -0.39 is 10.0 Å². The van der Waals surface area contributed by atoms with Crippen LogP contribution in [0.25, 0.3) is 0 Å². The van der Waals surface area contributed by atoms with Crippen LogP contribution >= 0.6 is 0 Å². The van der Waals surface area contributed by atoms with Gasteiger partial charge in [-0.2, -0.15) is 4.31 Å². The molecule has 0 spiro atoms. The zero-order valence-electron chi connectivity index (χ0n) is 9.89. The van der Waals surface area contributed by atoms with Crippen molar-refractivity contribution in [2.45, 2.75) is 11.2 Å². The zero-order chi connectivity index (χ0) is 12.8. The van der Waals surface area contributed by atoms with Gasteiger partial charge in [0.1, 0.15) is 0 Å². The minimum absolute atomic E-state index is 0.0482. The van der Waals surface area contributed by atoms with Gasteiger partial charge in [-0.3, -0.25) is 0 Å². The van der Waals surface area contributed by atoms with Crippen molar-refractivity contribution >= 4 is 10.0 Å². The predicted octanol–water partition coefficient (Wildman–Crippen LogP) is 1.17. The summed E-state index contributed by atoms with van der Waals surface area (Å²) in [5.74, 6) is 0. The molecule has 1 aromatic heterocycles. The smallest absolute Gasteiger partial charge is 0.277 e. The first-order chi connectivity index (χ1) is 8.60. The molecule has 0 amide bonds. The van der Waals surface area contributed by atoms with Gasteiger partial charge in [0.05, 0.1) is 6.04 Å². The Bertz CT molecular complexity index is 664. The highest BCUT2D eigenvalue weighted by molar-refractivity contribution is 7.89. The number of rotatable bonds is 3. The van der Waals surface area contributed by atoms with Gasteiger partial charge >= 0.3 is 0 Å². The van der Waals surface area contributed by atoms with E-state index in [1.165, 1.54) is 15.1 Å². The van der Waals surface area contributed by atoms with Gasteiger partial charge in [0, 0.05) is 26.0 Å². The molecule has 2 unspecified atom stereocenters. The molecule has 1 saturated heterocycles. The van der Waals surface area contributed by atoms with Crippen LogP contribution in [0.4, 0.5) is 0 Å². The van der Waals surface area contributed by atoms with Gasteiger partial charge in [-0.1, -0.05) is 30.3 Å². The van der Waals surface area contributed by atoms with Crippen molar-refractivity contribution in [2.24, 2.45) is 7.05 Å². The van der Waals surface area contributed by atoms with Crippen LogP contribution in [-0.2, 0) is 17.1 Å². The molecular weight excluding hydrogens is 250 g/mol. The topological polar surface area (TPSA) is 55.0 Å². The maximum absolute atomic E-state index is 12.3. The molecule has 5 nitrogen and oxygen atoms in total. The molecule has 6 heteroatoms. The molecule has 0 N–H and O–H groups in total. The molecule has 2 heterocycles. The van der Waals surface area contributed by atoms with E-state index in [0.717, 1.165) is 5.56 Å². The summed E-state index contributed by atoms with van der Waals surface area (Å²) in [4.78, 5) is 3.91. The number of imidazole rings is 1. The van der Waals surface area contributed by atoms with Crippen molar-refractivity contribution in [3.63, 3.8) is 0 Å². The monoisotopic (exact) mass is 263 g/mol. The van der Waals surface area contributed by atoms with Crippen LogP contribution < -0.4 is 0 Å². The summed E-state index contributed by atoms with van der Waals surface area (Å²) in [7, 11) is -1.78. The highest BCUT2D eigenvalue weighted by atomic mass is 32.2. The van der Waals surface area contributed by atoms with Crippen molar-refractivity contribution in [1.82, 2.24) is 13.9 Å². The first kappa shape index (κ1) is 11.4. The van der Waals surface area contributed by atoms with E-state index in [0.29, 0.717) is 6.54 Å². The third kappa shape index (κ3) is 1.74. The number of aryl methyl sites for hydroxylation is 1. The summed E-state index contributed by atoms with van der Waals surface area (Å²) in [5.41, 5.74) is 1.02. The van der Waals surface area contributed by atoms with Gasteiger partial charge in [0.15, 0.2) is 0 Å². The summed E-state index contributed by atoms with van der Waals surface area (Å²) < 4.78 is 27.6. The number of nitrogens with zero attached hydrogens (tertiary/aromatic N) is 3. The van der Waals surface area contributed by atoms with Crippen molar-refractivity contribution < 1.29 is 8.42 Å². The van der Waals surface area contributed by atoms with Crippen LogP contribution in [0.1, 0.15) is 11.6 Å². The zero-order valence-corrected chi connectivity index (χ0v) is 10.7. The van der Waals surface area contributed by atoms with Gasteiger partial charge in [-0.15, -0.1) is 0 Å². The maximum atomic E-state index is 12.3. The summed E-state index contributed by atoms with van der Waals surface area (Å²) in [6.45, 7) is 0.527. The van der Waals surface area contributed by atoms with E-state index in [9.17, 15) is 8.42 Å². The van der Waals surface area contributed by atoms with Crippen molar-refractivity contribution in [2.75, 3.05) is 6.54 Å². The van der Waals surface area contributed by atoms with Crippen LogP contribution in [0, 0.1) is 0 Å². The van der Waals surface area contributed by atoms with E-state index in [1.54, 1.807) is 13.2 Å². The van der Waals surface area contributed by atoms with Crippen LogP contribution in [0.5, 0.6) is 0 Å². The highest BCUT2D eigenvalue weighted by Gasteiger charge is 2.46. The molecule has 94 valence electrons. The number of aromatic nitrogens is 2. The van der Waals surface area contributed by atoms with Gasteiger partial charge < -0.3 is 4.57 Å². The fraction of sp³-hybridized carbons (Fsp3) is 0.250. The van der Waals surface area contributed by atoms with Gasteiger partial charge in [0.2, 0.25) is 5.16 Å². The average Bonchev–Trinajstić information content (AvgIpc) is 3.07. The molecule has 18 heavy (non-hydrogen) atoms. The first-order valence-electron chi connectivity index (χ1n) is 5.65. The molecule has 0 bridgehead atoms. The van der Waals surface area contributed by atoms with Crippen LogP contribution in [-0.4, -0.2) is 28.8 Å². The fourth-order valence-electron chi connectivity index (χ4n) is 2.04. The minimum Gasteiger partial charge on any atom is -0.324 e. The second kappa shape index (κ2) is 3.93. The minimum atomic E-state index is -3.47. The van der Waals surface area contributed by atoms with Crippen molar-refractivity contribution in [1.29, 1.82) is 0 Å². The van der Waals surface area contributed by atoms with Crippen LogP contribution in [0.15, 0.2) is 47.9 Å². The van der Waals surface area contributed by atoms with Crippen LogP contribution in [0.2, 0.25) is 0 Å². The SMILES string of the molecule is Cn1ccnc1S(=O)(=O)N1CC1c1ccccc1. The van der Waals surface area contributed by atoms with Gasteiger partial charge in [-0.25, -0.2) is 13.4 Å². The third-order valence-corrected chi connectivity index (χ3v) is 4.94. The lowest BCUT2D eigenvalue weighted by atomic mass is 10.2. The predicted molar refractivity (Wildman–Crippen MR) is 66.3 cm³/mol. The molecule has 3 rings (SSSR count). The Balaban J connectivity index is 1.89. The molecule has 0 saturated carbocycles. The molecular formula is C12H13N3O2S. The number of hydrogen-bond acceptors (Lipinski definition) is 3. The Morgan fingerprint density at radius 3 is 2.61 bits per heavy atom. The largest absolute Gasteiger partial charge is 0.324 e. The Kier molecular flexibility index (Phi) is 2.49. The summed E-state index contributed by atoms with van der Waals surface area (Å²) in [5, 5.41) is 0.0981. The quantitative estimate of drug-likeness (QED) is 0.781. The maximum Gasteiger partial charge on any atom is 0.277 e. The van der Waals surface area contributed by atoms with E-state index in [-0.39, 0.29) is 11.2 Å². The third-order valence-electron chi connectivity index (χ3n) is 3.07. The standard InChI is InChI=1S/C12H13N3O2S/c1-14-8-7-13-12(14)18(16,17)15-9-11(15)10-5-3-2-4-6-10/h2-8,11H,9H2,1H3. The van der Waals surface area contributed by atoms with Crippen molar-refractivity contribution in [3.8, 4) is 0 Å². The Labute approximate surface area is 106 Å². The summed E-state index contributed by atoms with van der Waals surface area (Å²) in [6, 6.07) is 9.59. The van der Waals surface area contributed by atoms with Gasteiger partial charge in [-0.05, 0) is 5.56 Å². The van der Waals surface area contributed by atoms with Crippen LogP contribution in [0.3, 0.4) is 0 Å². The number of hydrogen-bond donors (Lipinski definition) is 0. The molecule has 1 aliphatic heterocycles. The van der Waals surface area contributed by atoms with E-state index in [2.05, 4.69) is 4.98 Å². The molecule has 1 aromatic carbocycles. The Morgan fingerprint density at radius 2 is 2.00 bits per heavy atom. The lowest BCUT2D eigenvalue weighted by molar-refractivity contribution is 0.537. The van der Waals surface area contributed by atoms with Gasteiger partial charge in [0.25, 0.3) is 10.0 Å². The lowest BCUT2D eigenvalue weighted by Crippen LogP contribution is -2.17. The molecule has 2 atom stereocenters. The number of benzene rings is 1. The van der Waals surface area contributed by atoms with E-state index in [1.807, 2.05) is 30.3 Å². The normalized spacial score (nSPS) is 22.9. The molecule has 0 radical (unpaired) electrons. The Hall–Kier alpha value is -1.66. The first-order valence-corrected chi connectivity index (χ1v) is 7.09. The second-order valence-corrected chi connectivity index (χ2v) is 6.11. The number of sulfonamides is 1. The molecule has 1 fully saturated rings. The summed E-state index contributed by atoms with van der Waals surface area (Å²) >= 11 is 0. The lowest BCUT2D eigenvalue weighted by Gasteiger charge is -2.05. The average molecular weight is 263 g/mol. The molecule has 2 aromatic rings. The Morgan fingerprint density at radius 1 is 1.28 bits per heavy atom. The van der Waals surface area contributed by atoms with E-state index in [4.69, 9.17) is 0 Å².